The SMILES string of the molecule is CC(C)(C)OC(=O)c1ncn2c1C1CCN1C(=O)c1c(Cl)cccc1-2. The zero-order valence-electron chi connectivity index (χ0n) is 14.2. The van der Waals surface area contributed by atoms with Crippen molar-refractivity contribution in [2.75, 3.05) is 6.54 Å². The first kappa shape index (κ1) is 16.1. The number of amides is 1. The Balaban J connectivity index is 1.90. The van der Waals surface area contributed by atoms with Gasteiger partial charge in [0.1, 0.15) is 11.9 Å². The van der Waals surface area contributed by atoms with Gasteiger partial charge in [-0.1, -0.05) is 17.7 Å². The third kappa shape index (κ3) is 2.43. The Bertz CT molecular complexity index is 897. The average Bonchev–Trinajstić information content (AvgIpc) is 2.85. The lowest BCUT2D eigenvalue weighted by molar-refractivity contribution is 0.00537. The van der Waals surface area contributed by atoms with E-state index in [0.717, 1.165) is 6.42 Å². The summed E-state index contributed by atoms with van der Waals surface area (Å²) in [7, 11) is 0. The van der Waals surface area contributed by atoms with E-state index in [2.05, 4.69) is 4.98 Å². The van der Waals surface area contributed by atoms with Gasteiger partial charge in [0.25, 0.3) is 5.91 Å². The number of fused-ring (bicyclic) bond motifs is 5. The van der Waals surface area contributed by atoms with E-state index in [0.29, 0.717) is 28.5 Å². The van der Waals surface area contributed by atoms with Crippen LogP contribution in [0, 0.1) is 0 Å². The molecule has 0 radical (unpaired) electrons. The van der Waals surface area contributed by atoms with Crippen LogP contribution in [0.4, 0.5) is 0 Å². The van der Waals surface area contributed by atoms with Crippen molar-refractivity contribution in [1.82, 2.24) is 14.5 Å². The van der Waals surface area contributed by atoms with Crippen LogP contribution in [-0.4, -0.2) is 38.5 Å². The first-order valence-electron chi connectivity index (χ1n) is 8.18. The van der Waals surface area contributed by atoms with E-state index in [4.69, 9.17) is 16.3 Å². The number of ether oxygens (including phenoxy) is 1. The second-order valence-electron chi connectivity index (χ2n) is 7.29. The summed E-state index contributed by atoms with van der Waals surface area (Å²) in [5.74, 6) is -0.596. The smallest absolute Gasteiger partial charge is 0.359 e. The minimum absolute atomic E-state index is 0.115. The molecule has 2 aliphatic rings. The van der Waals surface area contributed by atoms with Crippen LogP contribution in [-0.2, 0) is 4.74 Å². The molecule has 1 saturated heterocycles. The van der Waals surface area contributed by atoms with Crippen LogP contribution in [0.2, 0.25) is 5.02 Å². The van der Waals surface area contributed by atoms with Crippen molar-refractivity contribution in [3.05, 3.63) is 46.5 Å². The molecule has 4 rings (SSSR count). The minimum Gasteiger partial charge on any atom is -0.455 e. The van der Waals surface area contributed by atoms with Crippen LogP contribution >= 0.6 is 11.6 Å². The zero-order chi connectivity index (χ0) is 17.9. The number of hydrogen-bond acceptors (Lipinski definition) is 4. The zero-order valence-corrected chi connectivity index (χ0v) is 15.0. The molecule has 1 fully saturated rings. The van der Waals surface area contributed by atoms with Gasteiger partial charge in [-0.15, -0.1) is 0 Å². The van der Waals surface area contributed by atoms with Crippen molar-refractivity contribution < 1.29 is 14.3 Å². The maximum Gasteiger partial charge on any atom is 0.359 e. The molecule has 1 aromatic heterocycles. The molecular weight excluding hydrogens is 342 g/mol. The lowest BCUT2D eigenvalue weighted by Gasteiger charge is -2.39. The maximum atomic E-state index is 12.9. The van der Waals surface area contributed by atoms with Crippen LogP contribution in [0.15, 0.2) is 24.5 Å². The standard InChI is InChI=1S/C18H18ClN3O3/c1-18(2,3)25-17(24)14-15-12-7-8-21(12)16(23)13-10(19)5-4-6-11(13)22(15)9-20-14/h4-6,9,12H,7-8H2,1-3H3. The van der Waals surface area contributed by atoms with Crippen LogP contribution in [0.25, 0.3) is 5.69 Å². The number of carbonyl (C=O) groups excluding carboxylic acids is 2. The molecule has 0 N–H and O–H groups in total. The summed E-state index contributed by atoms with van der Waals surface area (Å²) in [6, 6.07) is 5.10. The molecule has 6 nitrogen and oxygen atoms in total. The number of hydrogen-bond donors (Lipinski definition) is 0. The first-order valence-corrected chi connectivity index (χ1v) is 8.56. The molecule has 0 bridgehead atoms. The normalized spacial score (nSPS) is 18.6. The van der Waals surface area contributed by atoms with E-state index in [1.807, 2.05) is 26.8 Å². The largest absolute Gasteiger partial charge is 0.455 e. The van der Waals surface area contributed by atoms with Gasteiger partial charge >= 0.3 is 5.97 Å². The Labute approximate surface area is 150 Å². The number of halogens is 1. The highest BCUT2D eigenvalue weighted by molar-refractivity contribution is 6.34. The fraction of sp³-hybridized carbons (Fsp3) is 0.389. The summed E-state index contributed by atoms with van der Waals surface area (Å²) in [5, 5.41) is 0.397. The molecule has 2 aliphatic heterocycles. The minimum atomic E-state index is -0.616. The van der Waals surface area contributed by atoms with Gasteiger partial charge < -0.3 is 9.64 Å². The number of carbonyl (C=O) groups is 2. The monoisotopic (exact) mass is 359 g/mol. The van der Waals surface area contributed by atoms with Crippen molar-refractivity contribution >= 4 is 23.5 Å². The van der Waals surface area contributed by atoms with Crippen molar-refractivity contribution in [3.63, 3.8) is 0 Å². The third-order valence-corrected chi connectivity index (χ3v) is 4.77. The van der Waals surface area contributed by atoms with E-state index < -0.39 is 11.6 Å². The average molecular weight is 360 g/mol. The first-order chi connectivity index (χ1) is 11.8. The van der Waals surface area contributed by atoms with E-state index in [-0.39, 0.29) is 17.6 Å². The predicted octanol–water partition coefficient (Wildman–Crippen LogP) is 3.38. The number of nitrogens with zero attached hydrogens (tertiary/aromatic N) is 3. The molecule has 1 amide bonds. The Morgan fingerprint density at radius 3 is 2.76 bits per heavy atom. The summed E-state index contributed by atoms with van der Waals surface area (Å²) in [5.41, 5.74) is 1.42. The molecule has 2 aromatic rings. The summed E-state index contributed by atoms with van der Waals surface area (Å²) in [6.45, 7) is 6.07. The highest BCUT2D eigenvalue weighted by atomic mass is 35.5. The Hall–Kier alpha value is -2.34. The van der Waals surface area contributed by atoms with Gasteiger partial charge in [0.2, 0.25) is 0 Å². The van der Waals surface area contributed by atoms with Crippen molar-refractivity contribution in [2.24, 2.45) is 0 Å². The van der Waals surface area contributed by atoms with Crippen molar-refractivity contribution in [1.29, 1.82) is 0 Å². The Morgan fingerprint density at radius 2 is 2.12 bits per heavy atom. The molecule has 1 atom stereocenters. The number of aromatic nitrogens is 2. The van der Waals surface area contributed by atoms with Gasteiger partial charge in [-0.3, -0.25) is 9.36 Å². The van der Waals surface area contributed by atoms with E-state index in [9.17, 15) is 9.59 Å². The molecule has 0 saturated carbocycles. The van der Waals surface area contributed by atoms with E-state index in [1.54, 1.807) is 27.9 Å². The van der Waals surface area contributed by atoms with Crippen LogP contribution in [0.3, 0.4) is 0 Å². The molecule has 25 heavy (non-hydrogen) atoms. The fourth-order valence-corrected chi connectivity index (χ4v) is 3.59. The van der Waals surface area contributed by atoms with Crippen LogP contribution in [0.5, 0.6) is 0 Å². The number of imidazole rings is 1. The fourth-order valence-electron chi connectivity index (χ4n) is 3.34. The summed E-state index contributed by atoms with van der Waals surface area (Å²) < 4.78 is 7.28. The van der Waals surface area contributed by atoms with Crippen LogP contribution < -0.4 is 0 Å². The Kier molecular flexibility index (Phi) is 3.44. The number of rotatable bonds is 1. The molecule has 1 aromatic carbocycles. The van der Waals surface area contributed by atoms with E-state index in [1.165, 1.54) is 0 Å². The molecule has 7 heteroatoms. The Morgan fingerprint density at radius 1 is 1.36 bits per heavy atom. The third-order valence-electron chi connectivity index (χ3n) is 4.46. The van der Waals surface area contributed by atoms with Gasteiger partial charge in [0.15, 0.2) is 5.69 Å². The van der Waals surface area contributed by atoms with Crippen LogP contribution in [0.1, 0.15) is 59.8 Å². The quantitative estimate of drug-likeness (QED) is 0.732. The second kappa shape index (κ2) is 5.33. The van der Waals surface area contributed by atoms with Crippen molar-refractivity contribution in [2.45, 2.75) is 38.8 Å². The van der Waals surface area contributed by atoms with Crippen molar-refractivity contribution in [3.8, 4) is 5.69 Å². The maximum absolute atomic E-state index is 12.9. The van der Waals surface area contributed by atoms with Gasteiger partial charge in [-0.05, 0) is 39.3 Å². The summed E-state index contributed by atoms with van der Waals surface area (Å²) in [4.78, 5) is 31.5. The molecule has 0 spiro atoms. The molecule has 130 valence electrons. The number of benzene rings is 1. The summed E-state index contributed by atoms with van der Waals surface area (Å²) >= 11 is 6.30. The summed E-state index contributed by atoms with van der Waals surface area (Å²) in [6.07, 6.45) is 2.34. The lowest BCUT2D eigenvalue weighted by atomic mass is 9.97. The highest BCUT2D eigenvalue weighted by Crippen LogP contribution is 2.42. The lowest BCUT2D eigenvalue weighted by Crippen LogP contribution is -2.45. The van der Waals surface area contributed by atoms with Gasteiger partial charge in [0, 0.05) is 6.54 Å². The molecule has 1 unspecified atom stereocenters. The van der Waals surface area contributed by atoms with Gasteiger partial charge in [0.05, 0.1) is 28.0 Å². The topological polar surface area (TPSA) is 64.4 Å². The van der Waals surface area contributed by atoms with E-state index >= 15 is 0 Å². The predicted molar refractivity (Wildman–Crippen MR) is 92.1 cm³/mol. The van der Waals surface area contributed by atoms with Gasteiger partial charge in [-0.2, -0.15) is 0 Å². The van der Waals surface area contributed by atoms with Gasteiger partial charge in [-0.25, -0.2) is 9.78 Å². The molecule has 3 heterocycles. The molecule has 0 aliphatic carbocycles. The number of esters is 1. The highest BCUT2D eigenvalue weighted by Gasteiger charge is 2.43. The molecular formula is C18H18ClN3O3. The second-order valence-corrected chi connectivity index (χ2v) is 7.69.